The zero-order valence-corrected chi connectivity index (χ0v) is 21.4. The summed E-state index contributed by atoms with van der Waals surface area (Å²) >= 11 is 6.01. The lowest BCUT2D eigenvalue weighted by atomic mass is 9.94. The molecule has 0 radical (unpaired) electrons. The molecule has 1 aromatic heterocycles. The summed E-state index contributed by atoms with van der Waals surface area (Å²) in [5.74, 6) is -2.81. The molecule has 8 nitrogen and oxygen atoms in total. The van der Waals surface area contributed by atoms with E-state index in [2.05, 4.69) is 10.3 Å². The van der Waals surface area contributed by atoms with Crippen LogP contribution >= 0.6 is 11.6 Å². The van der Waals surface area contributed by atoms with Crippen LogP contribution in [-0.2, 0) is 20.9 Å². The number of likely N-dealkylation sites (N-methyl/N-ethyl adjacent to an activating group) is 1. The molecule has 2 amide bonds. The largest absolute Gasteiger partial charge is 0.444 e. The molecule has 2 N–H and O–H groups in total. The fourth-order valence-electron chi connectivity index (χ4n) is 4.27. The molecule has 1 unspecified atom stereocenters. The Labute approximate surface area is 216 Å². The lowest BCUT2D eigenvalue weighted by Gasteiger charge is -2.36. The lowest BCUT2D eigenvalue weighted by Crippen LogP contribution is -2.46. The van der Waals surface area contributed by atoms with E-state index in [-0.39, 0.29) is 24.0 Å². The van der Waals surface area contributed by atoms with Crippen molar-refractivity contribution in [1.82, 2.24) is 15.2 Å². The fourth-order valence-corrected chi connectivity index (χ4v) is 4.40. The number of fused-ring (bicyclic) bond motifs is 3. The monoisotopic (exact) mass is 533 g/mol. The Morgan fingerprint density at radius 1 is 1.16 bits per heavy atom. The standard InChI is InChI=1S/C26H26ClF2N3O5/c1-26(2,3)37-25(35)31-22(13-5-7-14(27)8-6-13)24(34)32(4)20-12-36-11-19-21(20)15-9-17(28)18(29)10-16(15)23(33)30-19/h5-10,20,22H,11-12H2,1-4H3,(H,30,33)(H,31,35)/t20-,22?/m1/s1. The molecule has 3 aromatic rings. The molecule has 2 heterocycles. The van der Waals surface area contributed by atoms with Gasteiger partial charge >= 0.3 is 6.09 Å². The van der Waals surface area contributed by atoms with E-state index < -0.39 is 46.9 Å². The molecule has 0 bridgehead atoms. The van der Waals surface area contributed by atoms with Crippen LogP contribution in [0.1, 0.15) is 49.7 Å². The topological polar surface area (TPSA) is 101 Å². The smallest absolute Gasteiger partial charge is 0.408 e. The molecule has 11 heteroatoms. The maximum Gasteiger partial charge on any atom is 0.408 e. The van der Waals surface area contributed by atoms with Crippen molar-refractivity contribution in [2.75, 3.05) is 13.7 Å². The van der Waals surface area contributed by atoms with Crippen molar-refractivity contribution in [1.29, 1.82) is 0 Å². The molecule has 1 aliphatic rings. The number of carbonyl (C=O) groups excluding carboxylic acids is 2. The molecule has 0 saturated carbocycles. The van der Waals surface area contributed by atoms with Crippen molar-refractivity contribution >= 4 is 34.4 Å². The summed E-state index contributed by atoms with van der Waals surface area (Å²) in [5.41, 5.74) is -0.172. The number of hydrogen-bond donors (Lipinski definition) is 2. The van der Waals surface area contributed by atoms with E-state index in [1.165, 1.54) is 11.9 Å². The number of aromatic nitrogens is 1. The molecule has 0 aliphatic carbocycles. The molecule has 2 atom stereocenters. The van der Waals surface area contributed by atoms with Gasteiger partial charge in [-0.2, -0.15) is 0 Å². The van der Waals surface area contributed by atoms with Gasteiger partial charge in [0.05, 0.1) is 24.6 Å². The first-order valence-electron chi connectivity index (χ1n) is 11.5. The highest BCUT2D eigenvalue weighted by Gasteiger charge is 2.35. The van der Waals surface area contributed by atoms with Crippen LogP contribution in [0.15, 0.2) is 41.2 Å². The van der Waals surface area contributed by atoms with Crippen LogP contribution < -0.4 is 10.9 Å². The third-order valence-corrected chi connectivity index (χ3v) is 6.22. The van der Waals surface area contributed by atoms with Crippen molar-refractivity contribution in [2.45, 2.75) is 45.1 Å². The molecular formula is C26H26ClF2N3O5. The molecule has 0 fully saturated rings. The van der Waals surface area contributed by atoms with Gasteiger partial charge in [0.25, 0.3) is 5.56 Å². The molecular weight excluding hydrogens is 508 g/mol. The van der Waals surface area contributed by atoms with Crippen LogP contribution in [0.3, 0.4) is 0 Å². The highest BCUT2D eigenvalue weighted by Crippen LogP contribution is 2.35. The number of nitrogens with one attached hydrogen (secondary N) is 2. The van der Waals surface area contributed by atoms with Crippen LogP contribution in [0.2, 0.25) is 5.02 Å². The van der Waals surface area contributed by atoms with Crippen molar-refractivity contribution in [2.24, 2.45) is 0 Å². The minimum absolute atomic E-state index is 0.0226. The Balaban J connectivity index is 1.76. The number of pyridine rings is 1. The Bertz CT molecular complexity index is 1420. The Hall–Kier alpha value is -3.50. The van der Waals surface area contributed by atoms with Gasteiger partial charge in [0.15, 0.2) is 11.6 Å². The number of alkyl carbamates (subject to hydrolysis) is 1. The molecule has 0 saturated heterocycles. The van der Waals surface area contributed by atoms with E-state index in [1.54, 1.807) is 45.0 Å². The van der Waals surface area contributed by atoms with E-state index >= 15 is 0 Å². The van der Waals surface area contributed by atoms with Crippen molar-refractivity contribution in [3.05, 3.63) is 80.2 Å². The van der Waals surface area contributed by atoms with Gasteiger partial charge in [-0.1, -0.05) is 23.7 Å². The normalized spacial score (nSPS) is 16.1. The van der Waals surface area contributed by atoms with Gasteiger partial charge in [0, 0.05) is 23.3 Å². The SMILES string of the molecule is CN(C(=O)C(NC(=O)OC(C)(C)C)c1ccc(Cl)cc1)[C@@H]1COCc2[nH]c(=O)c3cc(F)c(F)cc3c21. The first-order valence-corrected chi connectivity index (χ1v) is 11.9. The number of nitrogens with zero attached hydrogens (tertiary/aromatic N) is 1. The van der Waals surface area contributed by atoms with Crippen LogP contribution in [0, 0.1) is 11.6 Å². The Morgan fingerprint density at radius 3 is 2.41 bits per heavy atom. The lowest BCUT2D eigenvalue weighted by molar-refractivity contribution is -0.136. The number of halogens is 3. The van der Waals surface area contributed by atoms with E-state index in [1.807, 2.05) is 0 Å². The minimum atomic E-state index is -1.16. The van der Waals surface area contributed by atoms with Gasteiger partial charge in [-0.05, 0) is 56.0 Å². The zero-order valence-electron chi connectivity index (χ0n) is 20.7. The van der Waals surface area contributed by atoms with Crippen molar-refractivity contribution in [3.63, 3.8) is 0 Å². The van der Waals surface area contributed by atoms with Crippen molar-refractivity contribution in [3.8, 4) is 0 Å². The summed E-state index contributed by atoms with van der Waals surface area (Å²) in [5, 5.41) is 3.18. The first kappa shape index (κ1) is 26.6. The summed E-state index contributed by atoms with van der Waals surface area (Å²) in [6, 6.07) is 6.22. The molecule has 0 spiro atoms. The van der Waals surface area contributed by atoms with Crippen LogP contribution in [-0.4, -0.2) is 41.1 Å². The molecule has 4 rings (SSSR count). The second kappa shape index (κ2) is 10.1. The fraction of sp³-hybridized carbons (Fsp3) is 0.346. The molecule has 196 valence electrons. The van der Waals surface area contributed by atoms with Crippen molar-refractivity contribution < 1.29 is 27.8 Å². The summed E-state index contributed by atoms with van der Waals surface area (Å²) in [6.07, 6.45) is -0.804. The second-order valence-electron chi connectivity index (χ2n) is 9.77. The summed E-state index contributed by atoms with van der Waals surface area (Å²) in [4.78, 5) is 43.0. The summed E-state index contributed by atoms with van der Waals surface area (Å²) in [6.45, 7) is 5.13. The summed E-state index contributed by atoms with van der Waals surface area (Å²) in [7, 11) is 1.50. The molecule has 2 aromatic carbocycles. The third kappa shape index (κ3) is 5.60. The Morgan fingerprint density at radius 2 is 1.78 bits per heavy atom. The van der Waals surface area contributed by atoms with E-state index in [9.17, 15) is 23.2 Å². The highest BCUT2D eigenvalue weighted by molar-refractivity contribution is 6.30. The van der Waals surface area contributed by atoms with Gasteiger partial charge in [-0.25, -0.2) is 13.6 Å². The predicted molar refractivity (Wildman–Crippen MR) is 133 cm³/mol. The number of ether oxygens (including phenoxy) is 2. The highest BCUT2D eigenvalue weighted by atomic mass is 35.5. The van der Waals surface area contributed by atoms with Gasteiger partial charge in [0.2, 0.25) is 5.91 Å². The summed E-state index contributed by atoms with van der Waals surface area (Å²) < 4.78 is 39.1. The average Bonchev–Trinajstić information content (AvgIpc) is 2.82. The van der Waals surface area contributed by atoms with Crippen LogP contribution in [0.25, 0.3) is 10.8 Å². The van der Waals surface area contributed by atoms with Gasteiger partial charge < -0.3 is 24.7 Å². The maximum absolute atomic E-state index is 14.2. The Kier molecular flexibility index (Phi) is 7.25. The average molecular weight is 534 g/mol. The number of aromatic amines is 1. The molecule has 37 heavy (non-hydrogen) atoms. The van der Waals surface area contributed by atoms with Gasteiger partial charge in [-0.3, -0.25) is 9.59 Å². The minimum Gasteiger partial charge on any atom is -0.444 e. The van der Waals surface area contributed by atoms with E-state index in [0.29, 0.717) is 21.8 Å². The molecule has 1 aliphatic heterocycles. The quantitative estimate of drug-likeness (QED) is 0.504. The number of amides is 2. The number of rotatable bonds is 4. The number of carbonyl (C=O) groups is 2. The van der Waals surface area contributed by atoms with E-state index in [0.717, 1.165) is 12.1 Å². The predicted octanol–water partition coefficient (Wildman–Crippen LogP) is 4.76. The van der Waals surface area contributed by atoms with Crippen LogP contribution in [0.5, 0.6) is 0 Å². The zero-order chi connectivity index (χ0) is 27.1. The van der Waals surface area contributed by atoms with E-state index in [4.69, 9.17) is 21.1 Å². The first-order chi connectivity index (χ1) is 17.4. The number of H-pyrrole nitrogens is 1. The van der Waals surface area contributed by atoms with Gasteiger partial charge in [0.1, 0.15) is 11.6 Å². The maximum atomic E-state index is 14.2. The second-order valence-corrected chi connectivity index (χ2v) is 10.2. The van der Waals surface area contributed by atoms with Gasteiger partial charge in [-0.15, -0.1) is 0 Å². The third-order valence-electron chi connectivity index (χ3n) is 5.97. The van der Waals surface area contributed by atoms with Crippen LogP contribution in [0.4, 0.5) is 13.6 Å². The number of hydrogen-bond acceptors (Lipinski definition) is 5. The number of benzene rings is 2.